The average Bonchev–Trinajstić information content (AvgIpc) is 2.60. The van der Waals surface area contributed by atoms with Gasteiger partial charge < -0.3 is 15.7 Å². The first-order valence-corrected chi connectivity index (χ1v) is 7.49. The van der Waals surface area contributed by atoms with Gasteiger partial charge in [0.05, 0.1) is 6.61 Å². The van der Waals surface area contributed by atoms with Crippen LogP contribution in [0.1, 0.15) is 34.8 Å². The number of nitrogens with one attached hydrogen (secondary N) is 2. The van der Waals surface area contributed by atoms with Crippen LogP contribution in [0.2, 0.25) is 0 Å². The molecule has 0 fully saturated rings. The molecule has 0 atom stereocenters. The highest BCUT2D eigenvalue weighted by molar-refractivity contribution is 5.97. The SMILES string of the molecule is CCC(=O)Nc1cccc(C(=O)NCc2ccccc2CO)c1. The molecule has 5 heteroatoms. The molecule has 23 heavy (non-hydrogen) atoms. The number of carbonyl (C=O) groups excluding carboxylic acids is 2. The predicted octanol–water partition coefficient (Wildman–Crippen LogP) is 2.46. The lowest BCUT2D eigenvalue weighted by Crippen LogP contribution is -2.23. The summed E-state index contributed by atoms with van der Waals surface area (Å²) in [5.74, 6) is -0.329. The Morgan fingerprint density at radius 2 is 1.78 bits per heavy atom. The van der Waals surface area contributed by atoms with Crippen molar-refractivity contribution in [3.05, 3.63) is 65.2 Å². The lowest BCUT2D eigenvalue weighted by Gasteiger charge is -2.10. The van der Waals surface area contributed by atoms with Crippen LogP contribution in [0.4, 0.5) is 5.69 Å². The summed E-state index contributed by atoms with van der Waals surface area (Å²) >= 11 is 0. The summed E-state index contributed by atoms with van der Waals surface area (Å²) in [4.78, 5) is 23.6. The summed E-state index contributed by atoms with van der Waals surface area (Å²) in [6.45, 7) is 2.04. The topological polar surface area (TPSA) is 78.4 Å². The van der Waals surface area contributed by atoms with E-state index in [1.54, 1.807) is 31.2 Å². The monoisotopic (exact) mass is 312 g/mol. The maximum absolute atomic E-state index is 12.2. The van der Waals surface area contributed by atoms with E-state index in [0.29, 0.717) is 24.2 Å². The summed E-state index contributed by atoms with van der Waals surface area (Å²) in [6, 6.07) is 14.2. The molecule has 0 saturated heterocycles. The second kappa shape index (κ2) is 8.10. The van der Waals surface area contributed by atoms with Crippen LogP contribution in [0.5, 0.6) is 0 Å². The van der Waals surface area contributed by atoms with Crippen LogP contribution in [-0.4, -0.2) is 16.9 Å². The largest absolute Gasteiger partial charge is 0.392 e. The molecule has 5 nitrogen and oxygen atoms in total. The van der Waals surface area contributed by atoms with Crippen molar-refractivity contribution < 1.29 is 14.7 Å². The molecule has 2 rings (SSSR count). The molecule has 0 spiro atoms. The summed E-state index contributed by atoms with van der Waals surface area (Å²) in [5.41, 5.74) is 2.73. The van der Waals surface area contributed by atoms with E-state index in [-0.39, 0.29) is 18.4 Å². The molecule has 120 valence electrons. The normalized spacial score (nSPS) is 10.2. The number of hydrogen-bond acceptors (Lipinski definition) is 3. The minimum absolute atomic E-state index is 0.0649. The molecule has 0 radical (unpaired) electrons. The molecule has 0 aliphatic rings. The van der Waals surface area contributed by atoms with Crippen molar-refractivity contribution in [2.24, 2.45) is 0 Å². The molecule has 0 aromatic heterocycles. The van der Waals surface area contributed by atoms with E-state index in [0.717, 1.165) is 11.1 Å². The van der Waals surface area contributed by atoms with Crippen LogP contribution >= 0.6 is 0 Å². The maximum Gasteiger partial charge on any atom is 0.251 e. The van der Waals surface area contributed by atoms with Gasteiger partial charge >= 0.3 is 0 Å². The molecule has 0 aliphatic heterocycles. The zero-order valence-electron chi connectivity index (χ0n) is 13.0. The molecule has 2 aromatic carbocycles. The zero-order chi connectivity index (χ0) is 16.7. The van der Waals surface area contributed by atoms with Gasteiger partial charge in [-0.15, -0.1) is 0 Å². The third-order valence-electron chi connectivity index (χ3n) is 3.46. The Kier molecular flexibility index (Phi) is 5.88. The van der Waals surface area contributed by atoms with Gasteiger partial charge in [0.1, 0.15) is 0 Å². The summed E-state index contributed by atoms with van der Waals surface area (Å²) in [7, 11) is 0. The lowest BCUT2D eigenvalue weighted by molar-refractivity contribution is -0.115. The molecule has 2 aromatic rings. The maximum atomic E-state index is 12.2. The number of aliphatic hydroxyl groups excluding tert-OH is 1. The number of benzene rings is 2. The van der Waals surface area contributed by atoms with Crippen molar-refractivity contribution in [1.29, 1.82) is 0 Å². The molecule has 0 aliphatic carbocycles. The van der Waals surface area contributed by atoms with Gasteiger partial charge in [0, 0.05) is 24.2 Å². The van der Waals surface area contributed by atoms with Gasteiger partial charge in [-0.3, -0.25) is 9.59 Å². The zero-order valence-corrected chi connectivity index (χ0v) is 13.0. The van der Waals surface area contributed by atoms with Crippen LogP contribution in [-0.2, 0) is 17.9 Å². The van der Waals surface area contributed by atoms with Crippen molar-refractivity contribution in [2.75, 3.05) is 5.32 Å². The van der Waals surface area contributed by atoms with Gasteiger partial charge in [-0.1, -0.05) is 37.3 Å². The molecular weight excluding hydrogens is 292 g/mol. The highest BCUT2D eigenvalue weighted by atomic mass is 16.3. The number of carbonyl (C=O) groups is 2. The molecule has 0 unspecified atom stereocenters. The van der Waals surface area contributed by atoms with Gasteiger partial charge in [-0.2, -0.15) is 0 Å². The van der Waals surface area contributed by atoms with Gasteiger partial charge in [0.15, 0.2) is 0 Å². The Morgan fingerprint density at radius 1 is 1.04 bits per heavy atom. The van der Waals surface area contributed by atoms with Crippen molar-refractivity contribution in [2.45, 2.75) is 26.5 Å². The quantitative estimate of drug-likeness (QED) is 0.766. The number of aliphatic hydroxyl groups is 1. The van der Waals surface area contributed by atoms with Crippen LogP contribution in [0.3, 0.4) is 0 Å². The summed E-state index contributed by atoms with van der Waals surface area (Å²) < 4.78 is 0. The highest BCUT2D eigenvalue weighted by Crippen LogP contribution is 2.12. The average molecular weight is 312 g/mol. The molecule has 3 N–H and O–H groups in total. The van der Waals surface area contributed by atoms with Gasteiger partial charge in [-0.25, -0.2) is 0 Å². The van der Waals surface area contributed by atoms with Crippen LogP contribution < -0.4 is 10.6 Å². The van der Waals surface area contributed by atoms with E-state index >= 15 is 0 Å². The second-order valence-corrected chi connectivity index (χ2v) is 5.09. The van der Waals surface area contributed by atoms with Crippen LogP contribution in [0, 0.1) is 0 Å². The van der Waals surface area contributed by atoms with Gasteiger partial charge in [0.25, 0.3) is 5.91 Å². The van der Waals surface area contributed by atoms with Crippen LogP contribution in [0.25, 0.3) is 0 Å². The molecular formula is C18H20N2O3. The lowest BCUT2D eigenvalue weighted by atomic mass is 10.1. The van der Waals surface area contributed by atoms with Crippen molar-refractivity contribution in [3.63, 3.8) is 0 Å². The fourth-order valence-electron chi connectivity index (χ4n) is 2.15. The van der Waals surface area contributed by atoms with E-state index < -0.39 is 0 Å². The second-order valence-electron chi connectivity index (χ2n) is 5.09. The standard InChI is InChI=1S/C18H20N2O3/c1-2-17(22)20-16-9-5-8-13(10-16)18(23)19-11-14-6-3-4-7-15(14)12-21/h3-10,21H,2,11-12H2,1H3,(H,19,23)(H,20,22). The van der Waals surface area contributed by atoms with Gasteiger partial charge in [0.2, 0.25) is 5.91 Å². The first-order chi connectivity index (χ1) is 11.1. The predicted molar refractivity (Wildman–Crippen MR) is 88.9 cm³/mol. The molecule has 0 saturated carbocycles. The highest BCUT2D eigenvalue weighted by Gasteiger charge is 2.08. The Bertz CT molecular complexity index is 698. The molecule has 0 heterocycles. The first-order valence-electron chi connectivity index (χ1n) is 7.49. The van der Waals surface area contributed by atoms with E-state index in [2.05, 4.69) is 10.6 Å². The van der Waals surface area contributed by atoms with E-state index in [1.165, 1.54) is 0 Å². The minimum Gasteiger partial charge on any atom is -0.392 e. The minimum atomic E-state index is -0.231. The van der Waals surface area contributed by atoms with Crippen molar-refractivity contribution in [3.8, 4) is 0 Å². The fourth-order valence-corrected chi connectivity index (χ4v) is 2.15. The van der Waals surface area contributed by atoms with E-state index in [9.17, 15) is 14.7 Å². The number of anilines is 1. The van der Waals surface area contributed by atoms with Crippen molar-refractivity contribution >= 4 is 17.5 Å². The Labute approximate surface area is 135 Å². The van der Waals surface area contributed by atoms with Gasteiger partial charge in [-0.05, 0) is 29.3 Å². The fraction of sp³-hybridized carbons (Fsp3) is 0.222. The van der Waals surface area contributed by atoms with E-state index in [4.69, 9.17) is 0 Å². The van der Waals surface area contributed by atoms with E-state index in [1.807, 2.05) is 24.3 Å². The smallest absolute Gasteiger partial charge is 0.251 e. The number of rotatable bonds is 6. The summed E-state index contributed by atoms with van der Waals surface area (Å²) in [5, 5.41) is 14.8. The van der Waals surface area contributed by atoms with Crippen LogP contribution in [0.15, 0.2) is 48.5 Å². The number of amides is 2. The third kappa shape index (κ3) is 4.66. The Balaban J connectivity index is 2.03. The number of hydrogen-bond donors (Lipinski definition) is 3. The third-order valence-corrected chi connectivity index (χ3v) is 3.46. The summed E-state index contributed by atoms with van der Waals surface area (Å²) in [6.07, 6.45) is 0.383. The first kappa shape index (κ1) is 16.7. The molecule has 2 amide bonds. The Hall–Kier alpha value is -2.66. The molecule has 0 bridgehead atoms. The van der Waals surface area contributed by atoms with Crippen molar-refractivity contribution in [1.82, 2.24) is 5.32 Å². The Morgan fingerprint density at radius 3 is 2.48 bits per heavy atom.